The third kappa shape index (κ3) is 3.14. The highest BCUT2D eigenvalue weighted by Crippen LogP contribution is 2.18. The van der Waals surface area contributed by atoms with Crippen LogP contribution in [-0.2, 0) is 6.61 Å². The van der Waals surface area contributed by atoms with Gasteiger partial charge in [-0.15, -0.1) is 0 Å². The zero-order chi connectivity index (χ0) is 14.7. The molecule has 1 N–H and O–H groups in total. The number of carboxylic acid groups (broad SMARTS) is 1. The molecule has 5 nitrogen and oxygen atoms in total. The predicted molar refractivity (Wildman–Crippen MR) is 70.3 cm³/mol. The van der Waals surface area contributed by atoms with Gasteiger partial charge in [-0.25, -0.2) is 14.2 Å². The number of halogens is 1. The van der Waals surface area contributed by atoms with Crippen LogP contribution < -0.4 is 4.74 Å². The summed E-state index contributed by atoms with van der Waals surface area (Å²) in [7, 11) is 0. The zero-order valence-electron chi connectivity index (χ0n) is 11.2. The number of benzene rings is 1. The maximum Gasteiger partial charge on any atom is 0.335 e. The summed E-state index contributed by atoms with van der Waals surface area (Å²) in [6, 6.07) is 3.63. The SMILES string of the molecule is CC(C)n1cncc1COc1cc(F)cc(C(=O)O)c1. The summed E-state index contributed by atoms with van der Waals surface area (Å²) in [5, 5.41) is 8.87. The van der Waals surface area contributed by atoms with Gasteiger partial charge in [-0.05, 0) is 26.0 Å². The molecule has 20 heavy (non-hydrogen) atoms. The van der Waals surface area contributed by atoms with Gasteiger partial charge in [0, 0.05) is 12.1 Å². The lowest BCUT2D eigenvalue weighted by molar-refractivity contribution is 0.0695. The number of nitrogens with zero attached hydrogens (tertiary/aromatic N) is 2. The van der Waals surface area contributed by atoms with E-state index in [4.69, 9.17) is 9.84 Å². The molecule has 0 amide bonds. The molecule has 2 aromatic rings. The Hall–Kier alpha value is -2.37. The Kier molecular flexibility index (Phi) is 4.02. The van der Waals surface area contributed by atoms with Gasteiger partial charge in [-0.3, -0.25) is 0 Å². The number of carboxylic acids is 1. The first kappa shape index (κ1) is 14.0. The lowest BCUT2D eigenvalue weighted by atomic mass is 10.2. The van der Waals surface area contributed by atoms with Gasteiger partial charge in [0.2, 0.25) is 0 Å². The summed E-state index contributed by atoms with van der Waals surface area (Å²) >= 11 is 0. The van der Waals surface area contributed by atoms with Crippen LogP contribution in [0.15, 0.2) is 30.7 Å². The molecule has 0 spiro atoms. The quantitative estimate of drug-likeness (QED) is 0.913. The van der Waals surface area contributed by atoms with Crippen molar-refractivity contribution in [2.45, 2.75) is 26.5 Å². The third-order valence-electron chi connectivity index (χ3n) is 2.81. The van der Waals surface area contributed by atoms with Crippen LogP contribution >= 0.6 is 0 Å². The van der Waals surface area contributed by atoms with E-state index in [0.29, 0.717) is 0 Å². The van der Waals surface area contributed by atoms with Crippen molar-refractivity contribution in [2.24, 2.45) is 0 Å². The fraction of sp³-hybridized carbons (Fsp3) is 0.286. The molecular weight excluding hydrogens is 263 g/mol. The molecule has 0 saturated carbocycles. The zero-order valence-corrected chi connectivity index (χ0v) is 11.2. The van der Waals surface area contributed by atoms with Crippen LogP contribution in [-0.4, -0.2) is 20.6 Å². The van der Waals surface area contributed by atoms with E-state index in [1.54, 1.807) is 12.5 Å². The Bertz CT molecular complexity index is 623. The van der Waals surface area contributed by atoms with Gasteiger partial charge in [0.15, 0.2) is 0 Å². The summed E-state index contributed by atoms with van der Waals surface area (Å²) < 4.78 is 20.7. The van der Waals surface area contributed by atoms with Crippen molar-refractivity contribution in [3.05, 3.63) is 47.8 Å². The number of ether oxygens (including phenoxy) is 1. The van der Waals surface area contributed by atoms with E-state index in [1.165, 1.54) is 6.07 Å². The highest BCUT2D eigenvalue weighted by molar-refractivity contribution is 5.88. The summed E-state index contributed by atoms with van der Waals surface area (Å²) in [6.07, 6.45) is 3.36. The van der Waals surface area contributed by atoms with Crippen LogP contribution in [0.25, 0.3) is 0 Å². The third-order valence-corrected chi connectivity index (χ3v) is 2.81. The second-order valence-electron chi connectivity index (χ2n) is 4.66. The molecule has 0 saturated heterocycles. The van der Waals surface area contributed by atoms with Gasteiger partial charge in [0.05, 0.1) is 23.8 Å². The second kappa shape index (κ2) is 5.73. The fourth-order valence-electron chi connectivity index (χ4n) is 1.84. The number of hydrogen-bond donors (Lipinski definition) is 1. The van der Waals surface area contributed by atoms with E-state index in [1.807, 2.05) is 18.4 Å². The predicted octanol–water partition coefficient (Wildman–Crippen LogP) is 2.88. The summed E-state index contributed by atoms with van der Waals surface area (Å²) in [4.78, 5) is 14.9. The number of carbonyl (C=O) groups is 1. The van der Waals surface area contributed by atoms with E-state index < -0.39 is 11.8 Å². The maximum atomic E-state index is 13.3. The van der Waals surface area contributed by atoms with Gasteiger partial charge in [0.25, 0.3) is 0 Å². The van der Waals surface area contributed by atoms with E-state index in [0.717, 1.165) is 17.8 Å². The molecule has 1 aromatic carbocycles. The minimum absolute atomic E-state index is 0.141. The van der Waals surface area contributed by atoms with Gasteiger partial charge in [0.1, 0.15) is 18.2 Å². The normalized spacial score (nSPS) is 10.8. The number of rotatable bonds is 5. The van der Waals surface area contributed by atoms with E-state index in [2.05, 4.69) is 4.98 Å². The van der Waals surface area contributed by atoms with Crippen LogP contribution in [0.2, 0.25) is 0 Å². The van der Waals surface area contributed by atoms with Crippen LogP contribution in [0.1, 0.15) is 35.9 Å². The Morgan fingerprint density at radius 3 is 2.85 bits per heavy atom. The lowest BCUT2D eigenvalue weighted by Crippen LogP contribution is -2.07. The molecule has 106 valence electrons. The molecule has 0 bridgehead atoms. The minimum atomic E-state index is -1.19. The Balaban J connectivity index is 2.14. The average molecular weight is 278 g/mol. The van der Waals surface area contributed by atoms with Gasteiger partial charge in [-0.2, -0.15) is 0 Å². The van der Waals surface area contributed by atoms with E-state index in [9.17, 15) is 9.18 Å². The molecule has 0 atom stereocenters. The van der Waals surface area contributed by atoms with Gasteiger partial charge in [-0.1, -0.05) is 0 Å². The summed E-state index contributed by atoms with van der Waals surface area (Å²) in [5.74, 6) is -1.65. The van der Waals surface area contributed by atoms with Crippen LogP contribution in [0.5, 0.6) is 5.75 Å². The number of aromatic carboxylic acids is 1. The smallest absolute Gasteiger partial charge is 0.335 e. The monoisotopic (exact) mass is 278 g/mol. The number of hydrogen-bond acceptors (Lipinski definition) is 3. The number of imidazole rings is 1. The number of aromatic nitrogens is 2. The highest BCUT2D eigenvalue weighted by atomic mass is 19.1. The Labute approximate surface area is 115 Å². The van der Waals surface area contributed by atoms with Crippen molar-refractivity contribution in [1.29, 1.82) is 0 Å². The van der Waals surface area contributed by atoms with Crippen LogP contribution in [0.4, 0.5) is 4.39 Å². The van der Waals surface area contributed by atoms with Crippen molar-refractivity contribution in [2.75, 3.05) is 0 Å². The molecule has 0 aliphatic carbocycles. The Morgan fingerprint density at radius 1 is 1.45 bits per heavy atom. The highest BCUT2D eigenvalue weighted by Gasteiger charge is 2.10. The van der Waals surface area contributed by atoms with E-state index in [-0.39, 0.29) is 24.0 Å². The van der Waals surface area contributed by atoms with Crippen molar-refractivity contribution in [3.8, 4) is 5.75 Å². The van der Waals surface area contributed by atoms with Crippen LogP contribution in [0, 0.1) is 5.82 Å². The second-order valence-corrected chi connectivity index (χ2v) is 4.66. The molecular formula is C14H15FN2O3. The molecule has 2 rings (SSSR count). The summed E-state index contributed by atoms with van der Waals surface area (Å²) in [5.41, 5.74) is 0.693. The van der Waals surface area contributed by atoms with Gasteiger partial charge >= 0.3 is 5.97 Å². The first-order valence-electron chi connectivity index (χ1n) is 6.14. The van der Waals surface area contributed by atoms with Crippen LogP contribution in [0.3, 0.4) is 0 Å². The van der Waals surface area contributed by atoms with Crippen molar-refractivity contribution in [1.82, 2.24) is 9.55 Å². The first-order chi connectivity index (χ1) is 9.47. The fourth-order valence-corrected chi connectivity index (χ4v) is 1.84. The molecule has 0 fully saturated rings. The average Bonchev–Trinajstić information content (AvgIpc) is 2.84. The molecule has 0 unspecified atom stereocenters. The Morgan fingerprint density at radius 2 is 2.20 bits per heavy atom. The maximum absolute atomic E-state index is 13.3. The molecule has 6 heteroatoms. The molecule has 0 radical (unpaired) electrons. The van der Waals surface area contributed by atoms with E-state index >= 15 is 0 Å². The topological polar surface area (TPSA) is 64.4 Å². The first-order valence-corrected chi connectivity index (χ1v) is 6.14. The van der Waals surface area contributed by atoms with Crippen molar-refractivity contribution in [3.63, 3.8) is 0 Å². The van der Waals surface area contributed by atoms with Crippen molar-refractivity contribution < 1.29 is 19.0 Å². The standard InChI is InChI=1S/C14H15FN2O3/c1-9(2)17-8-16-6-12(17)7-20-13-4-10(14(18)19)3-11(15)5-13/h3-6,8-9H,7H2,1-2H3,(H,18,19). The molecule has 0 aliphatic rings. The largest absolute Gasteiger partial charge is 0.487 e. The summed E-state index contributed by atoms with van der Waals surface area (Å²) in [6.45, 7) is 4.21. The van der Waals surface area contributed by atoms with Crippen molar-refractivity contribution >= 4 is 5.97 Å². The lowest BCUT2D eigenvalue weighted by Gasteiger charge is -2.12. The molecule has 1 aromatic heterocycles. The van der Waals surface area contributed by atoms with Gasteiger partial charge < -0.3 is 14.4 Å². The molecule has 0 aliphatic heterocycles. The molecule has 1 heterocycles. The minimum Gasteiger partial charge on any atom is -0.487 e.